The molecule has 11 nitrogen and oxygen atoms in total. The molecule has 0 aliphatic carbocycles. The molecule has 148 valence electrons. The van der Waals surface area contributed by atoms with Crippen molar-refractivity contribution >= 4 is 27.4 Å². The van der Waals surface area contributed by atoms with Gasteiger partial charge in [0.1, 0.15) is 19.0 Å². The SMILES string of the molecule is COc1ccc(S(=O)(=O)Nc2cc3c(cc2C(=O)O)OCCO3)c([N+](=O)[O-])c1. The topological polar surface area (TPSA) is 154 Å². The van der Waals surface area contributed by atoms with Crippen LogP contribution in [0.15, 0.2) is 35.2 Å². The molecule has 0 fully saturated rings. The third-order valence-electron chi connectivity index (χ3n) is 3.81. The Hall–Kier alpha value is -3.54. The monoisotopic (exact) mass is 410 g/mol. The van der Waals surface area contributed by atoms with Crippen molar-refractivity contribution in [2.45, 2.75) is 4.90 Å². The molecule has 0 unspecified atom stereocenters. The molecule has 0 radical (unpaired) electrons. The van der Waals surface area contributed by atoms with Gasteiger partial charge in [-0.15, -0.1) is 0 Å². The number of anilines is 1. The van der Waals surface area contributed by atoms with Gasteiger partial charge in [0, 0.05) is 12.1 Å². The number of ether oxygens (including phenoxy) is 3. The van der Waals surface area contributed by atoms with Gasteiger partial charge in [0.25, 0.3) is 15.7 Å². The molecular formula is C16H14N2O9S. The number of benzene rings is 2. The molecule has 1 heterocycles. The number of methoxy groups -OCH3 is 1. The summed E-state index contributed by atoms with van der Waals surface area (Å²) in [5, 5.41) is 20.7. The Labute approximate surface area is 158 Å². The predicted molar refractivity (Wildman–Crippen MR) is 94.8 cm³/mol. The summed E-state index contributed by atoms with van der Waals surface area (Å²) in [6.45, 7) is 0.421. The number of nitro benzene ring substituents is 1. The van der Waals surface area contributed by atoms with Crippen LogP contribution in [0.2, 0.25) is 0 Å². The van der Waals surface area contributed by atoms with Crippen LogP contribution in [0, 0.1) is 10.1 Å². The first kappa shape index (κ1) is 19.2. The van der Waals surface area contributed by atoms with Crippen molar-refractivity contribution in [2.24, 2.45) is 0 Å². The molecule has 1 aliphatic heterocycles. The number of carboxylic acids is 1. The smallest absolute Gasteiger partial charge is 0.337 e. The number of hydrogen-bond acceptors (Lipinski definition) is 8. The van der Waals surface area contributed by atoms with E-state index in [2.05, 4.69) is 4.72 Å². The Morgan fingerprint density at radius 1 is 1.21 bits per heavy atom. The van der Waals surface area contributed by atoms with E-state index in [0.29, 0.717) is 0 Å². The first-order valence-electron chi connectivity index (χ1n) is 7.75. The lowest BCUT2D eigenvalue weighted by atomic mass is 10.1. The zero-order valence-corrected chi connectivity index (χ0v) is 15.2. The minimum absolute atomic E-state index is 0.0937. The molecule has 0 saturated carbocycles. The number of hydrogen-bond donors (Lipinski definition) is 2. The second-order valence-electron chi connectivity index (χ2n) is 5.54. The fourth-order valence-electron chi connectivity index (χ4n) is 2.54. The van der Waals surface area contributed by atoms with Crippen molar-refractivity contribution in [3.05, 3.63) is 46.0 Å². The van der Waals surface area contributed by atoms with Gasteiger partial charge in [-0.3, -0.25) is 14.8 Å². The maximum absolute atomic E-state index is 12.7. The van der Waals surface area contributed by atoms with Gasteiger partial charge in [-0.2, -0.15) is 0 Å². The molecule has 12 heteroatoms. The first-order valence-corrected chi connectivity index (χ1v) is 9.23. The molecule has 2 aromatic rings. The van der Waals surface area contributed by atoms with E-state index in [1.165, 1.54) is 13.2 Å². The Morgan fingerprint density at radius 2 is 1.86 bits per heavy atom. The molecule has 0 bridgehead atoms. The zero-order valence-electron chi connectivity index (χ0n) is 14.4. The van der Waals surface area contributed by atoms with E-state index >= 15 is 0 Å². The van der Waals surface area contributed by atoms with E-state index in [0.717, 1.165) is 24.3 Å². The molecular weight excluding hydrogens is 396 g/mol. The van der Waals surface area contributed by atoms with E-state index in [-0.39, 0.29) is 36.1 Å². The molecule has 0 aromatic heterocycles. The third kappa shape index (κ3) is 3.62. The van der Waals surface area contributed by atoms with Gasteiger partial charge >= 0.3 is 5.97 Å². The van der Waals surface area contributed by atoms with E-state index in [9.17, 15) is 28.4 Å². The molecule has 1 aliphatic rings. The van der Waals surface area contributed by atoms with Crippen LogP contribution in [0.25, 0.3) is 0 Å². The lowest BCUT2D eigenvalue weighted by Gasteiger charge is -2.20. The van der Waals surface area contributed by atoms with Crippen molar-refractivity contribution in [3.8, 4) is 17.2 Å². The Balaban J connectivity index is 2.08. The predicted octanol–water partition coefficient (Wildman–Crippen LogP) is 1.87. The fourth-order valence-corrected chi connectivity index (χ4v) is 3.77. The van der Waals surface area contributed by atoms with Crippen molar-refractivity contribution in [1.29, 1.82) is 0 Å². The number of aromatic carboxylic acids is 1. The lowest BCUT2D eigenvalue weighted by Crippen LogP contribution is -2.19. The van der Waals surface area contributed by atoms with Gasteiger partial charge in [-0.1, -0.05) is 0 Å². The number of carboxylic acid groups (broad SMARTS) is 1. The van der Waals surface area contributed by atoms with Crippen molar-refractivity contribution in [3.63, 3.8) is 0 Å². The van der Waals surface area contributed by atoms with Gasteiger partial charge in [-0.25, -0.2) is 13.2 Å². The maximum atomic E-state index is 12.7. The second-order valence-corrected chi connectivity index (χ2v) is 7.19. The van der Waals surface area contributed by atoms with Crippen LogP contribution in [0.3, 0.4) is 0 Å². The summed E-state index contributed by atoms with van der Waals surface area (Å²) in [4.78, 5) is 21.3. The maximum Gasteiger partial charge on any atom is 0.337 e. The van der Waals surface area contributed by atoms with Crippen LogP contribution in [0.5, 0.6) is 17.2 Å². The molecule has 2 N–H and O–H groups in total. The van der Waals surface area contributed by atoms with Crippen LogP contribution >= 0.6 is 0 Å². The first-order chi connectivity index (χ1) is 13.2. The van der Waals surface area contributed by atoms with Crippen LogP contribution in [-0.4, -0.2) is 44.7 Å². The molecule has 0 saturated heterocycles. The summed E-state index contributed by atoms with van der Waals surface area (Å²) in [7, 11) is -3.23. The van der Waals surface area contributed by atoms with E-state index in [1.807, 2.05) is 0 Å². The van der Waals surface area contributed by atoms with Gasteiger partial charge in [0.2, 0.25) is 0 Å². The molecule has 0 amide bonds. The highest BCUT2D eigenvalue weighted by molar-refractivity contribution is 7.92. The standard InChI is InChI=1S/C16H14N2O9S/c1-25-9-2-3-15(12(6-9)18(21)22)28(23,24)17-11-8-14-13(26-4-5-27-14)7-10(11)16(19)20/h2-3,6-8,17H,4-5H2,1H3,(H,19,20). The lowest BCUT2D eigenvalue weighted by molar-refractivity contribution is -0.387. The summed E-state index contributed by atoms with van der Waals surface area (Å²) in [5.41, 5.74) is -1.44. The quantitative estimate of drug-likeness (QED) is 0.536. The van der Waals surface area contributed by atoms with Gasteiger partial charge in [0.05, 0.1) is 29.4 Å². The number of nitrogens with one attached hydrogen (secondary N) is 1. The molecule has 2 aromatic carbocycles. The highest BCUT2D eigenvalue weighted by Gasteiger charge is 2.29. The normalized spacial score (nSPS) is 12.9. The van der Waals surface area contributed by atoms with Crippen molar-refractivity contribution in [2.75, 3.05) is 25.0 Å². The molecule has 0 atom stereocenters. The van der Waals surface area contributed by atoms with E-state index < -0.39 is 37.1 Å². The minimum Gasteiger partial charge on any atom is -0.497 e. The summed E-state index contributed by atoms with van der Waals surface area (Å²) in [5.74, 6) is -1.02. The summed E-state index contributed by atoms with van der Waals surface area (Å²) >= 11 is 0. The number of sulfonamides is 1. The van der Waals surface area contributed by atoms with E-state index in [4.69, 9.17) is 14.2 Å². The summed E-state index contributed by atoms with van der Waals surface area (Å²) < 4.78 is 43.1. The molecule has 28 heavy (non-hydrogen) atoms. The highest BCUT2D eigenvalue weighted by Crippen LogP contribution is 2.37. The van der Waals surface area contributed by atoms with Crippen LogP contribution in [0.1, 0.15) is 10.4 Å². The van der Waals surface area contributed by atoms with Gasteiger partial charge in [0.15, 0.2) is 16.4 Å². The molecule has 3 rings (SSSR count). The van der Waals surface area contributed by atoms with Crippen molar-refractivity contribution in [1.82, 2.24) is 0 Å². The van der Waals surface area contributed by atoms with E-state index in [1.54, 1.807) is 0 Å². The average Bonchev–Trinajstić information content (AvgIpc) is 2.66. The zero-order chi connectivity index (χ0) is 20.5. The van der Waals surface area contributed by atoms with Crippen molar-refractivity contribution < 1.29 is 37.5 Å². The number of carbonyl (C=O) groups is 1. The van der Waals surface area contributed by atoms with Crippen LogP contribution in [0.4, 0.5) is 11.4 Å². The summed E-state index contributed by atoms with van der Waals surface area (Å²) in [6.07, 6.45) is 0. The van der Waals surface area contributed by atoms with Gasteiger partial charge in [-0.05, 0) is 12.1 Å². The Kier molecular flexibility index (Phi) is 4.96. The average molecular weight is 410 g/mol. The fraction of sp³-hybridized carbons (Fsp3) is 0.188. The number of fused-ring (bicyclic) bond motifs is 1. The largest absolute Gasteiger partial charge is 0.497 e. The van der Waals surface area contributed by atoms with Gasteiger partial charge < -0.3 is 19.3 Å². The third-order valence-corrected chi connectivity index (χ3v) is 5.22. The number of nitrogens with zero attached hydrogens (tertiary/aromatic N) is 1. The van der Waals surface area contributed by atoms with Crippen LogP contribution < -0.4 is 18.9 Å². The number of rotatable bonds is 6. The Bertz CT molecular complexity index is 1070. The minimum atomic E-state index is -4.50. The number of nitro groups is 1. The highest BCUT2D eigenvalue weighted by atomic mass is 32.2. The summed E-state index contributed by atoms with van der Waals surface area (Å²) in [6, 6.07) is 5.47. The Morgan fingerprint density at radius 3 is 2.43 bits per heavy atom. The van der Waals surface area contributed by atoms with Crippen LogP contribution in [-0.2, 0) is 10.0 Å². The second kappa shape index (κ2) is 7.23. The molecule has 0 spiro atoms.